The minimum absolute atomic E-state index is 0.0874. The molecular weight excluding hydrogens is 275 g/mol. The number of hydrogen-bond donors (Lipinski definition) is 0. The smallest absolute Gasteiger partial charge is 0.370 e. The molecule has 0 aromatic carbocycles. The van der Waals surface area contributed by atoms with E-state index in [-0.39, 0.29) is 33.0 Å². The maximum Gasteiger partial charge on any atom is 0.370 e. The maximum absolute atomic E-state index is 12.5. The van der Waals surface area contributed by atoms with E-state index in [0.717, 1.165) is 0 Å². The summed E-state index contributed by atoms with van der Waals surface area (Å²) in [7, 11) is -2.21. The quantitative estimate of drug-likeness (QED) is 0.327. The summed E-state index contributed by atoms with van der Waals surface area (Å²) < 4.78 is 37.6. The van der Waals surface area contributed by atoms with Gasteiger partial charge in [0.25, 0.3) is 5.85 Å². The van der Waals surface area contributed by atoms with E-state index in [4.69, 9.17) is 23.3 Å². The monoisotopic (exact) mass is 298 g/mol. The fourth-order valence-corrected chi connectivity index (χ4v) is 2.96. The molecule has 1 unspecified atom stereocenters. The van der Waals surface area contributed by atoms with Crippen LogP contribution in [0.4, 0.5) is 0 Å². The third kappa shape index (κ3) is 6.49. The van der Waals surface area contributed by atoms with Crippen molar-refractivity contribution >= 4 is 13.6 Å². The molecule has 0 rings (SSSR count). The summed E-state index contributed by atoms with van der Waals surface area (Å²) in [6.07, 6.45) is 0. The number of carbonyl (C=O) groups is 1. The Labute approximate surface area is 114 Å². The lowest BCUT2D eigenvalue weighted by Gasteiger charge is -2.24. The van der Waals surface area contributed by atoms with Gasteiger partial charge in [-0.3, -0.25) is 4.57 Å². The molecule has 1 atom stereocenters. The zero-order chi connectivity index (χ0) is 14.7. The molecule has 0 aromatic rings. The highest BCUT2D eigenvalue weighted by Gasteiger charge is 2.43. The molecule has 0 amide bonds. The van der Waals surface area contributed by atoms with Crippen molar-refractivity contribution in [2.75, 3.05) is 40.1 Å². The Bertz CT molecular complexity index is 285. The lowest BCUT2D eigenvalue weighted by molar-refractivity contribution is -0.153. The van der Waals surface area contributed by atoms with Gasteiger partial charge in [-0.1, -0.05) is 0 Å². The number of rotatable bonds is 11. The molecule has 0 heterocycles. The second-order valence-corrected chi connectivity index (χ2v) is 5.41. The van der Waals surface area contributed by atoms with Crippen LogP contribution in [0.15, 0.2) is 0 Å². The molecule has 0 aliphatic rings. The van der Waals surface area contributed by atoms with Crippen LogP contribution in [-0.4, -0.2) is 52.0 Å². The Morgan fingerprint density at radius 3 is 2.05 bits per heavy atom. The van der Waals surface area contributed by atoms with Gasteiger partial charge in [0.15, 0.2) is 0 Å². The standard InChI is InChI=1S/C11H23O7P/c1-5-15-10(12)11(16-9-8-14-4)19(13,17-6-2)18-7-3/h11H,5-9H2,1-4H3. The average Bonchev–Trinajstić information content (AvgIpc) is 2.35. The zero-order valence-corrected chi connectivity index (χ0v) is 12.8. The molecule has 114 valence electrons. The van der Waals surface area contributed by atoms with Crippen molar-refractivity contribution in [3.8, 4) is 0 Å². The first-order valence-electron chi connectivity index (χ1n) is 6.21. The Morgan fingerprint density at radius 2 is 1.63 bits per heavy atom. The number of carbonyl (C=O) groups excluding carboxylic acids is 1. The van der Waals surface area contributed by atoms with Gasteiger partial charge in [0.05, 0.1) is 33.0 Å². The molecule has 0 bridgehead atoms. The van der Waals surface area contributed by atoms with E-state index in [1.807, 2.05) is 0 Å². The van der Waals surface area contributed by atoms with Gasteiger partial charge in [-0.25, -0.2) is 4.79 Å². The Balaban J connectivity index is 4.92. The molecule has 0 spiro atoms. The number of methoxy groups -OCH3 is 1. The minimum Gasteiger partial charge on any atom is -0.464 e. The minimum atomic E-state index is -3.71. The van der Waals surface area contributed by atoms with Crippen molar-refractivity contribution < 1.29 is 32.6 Å². The molecule has 0 saturated carbocycles. The molecule has 0 aliphatic carbocycles. The largest absolute Gasteiger partial charge is 0.464 e. The highest BCUT2D eigenvalue weighted by Crippen LogP contribution is 2.53. The van der Waals surface area contributed by atoms with Gasteiger partial charge < -0.3 is 23.3 Å². The second kappa shape index (κ2) is 10.3. The fraction of sp³-hybridized carbons (Fsp3) is 0.909. The molecule has 0 radical (unpaired) electrons. The van der Waals surface area contributed by atoms with Gasteiger partial charge in [-0.15, -0.1) is 0 Å². The van der Waals surface area contributed by atoms with Crippen LogP contribution in [-0.2, 0) is 32.6 Å². The van der Waals surface area contributed by atoms with Gasteiger partial charge in [-0.2, -0.15) is 0 Å². The molecule has 0 N–H and O–H groups in total. The van der Waals surface area contributed by atoms with Crippen molar-refractivity contribution in [1.29, 1.82) is 0 Å². The highest BCUT2D eigenvalue weighted by atomic mass is 31.2. The molecule has 0 saturated heterocycles. The summed E-state index contributed by atoms with van der Waals surface area (Å²) in [5.41, 5.74) is 0. The molecule has 7 nitrogen and oxygen atoms in total. The summed E-state index contributed by atoms with van der Waals surface area (Å²) in [6.45, 7) is 5.74. The third-order valence-corrected chi connectivity index (χ3v) is 4.13. The normalized spacial score (nSPS) is 13.3. The van der Waals surface area contributed by atoms with Crippen LogP contribution in [0.25, 0.3) is 0 Å². The fourth-order valence-electron chi connectivity index (χ4n) is 1.28. The number of esters is 1. The summed E-state index contributed by atoms with van der Waals surface area (Å²) in [5.74, 6) is -2.15. The van der Waals surface area contributed by atoms with Crippen LogP contribution in [0.2, 0.25) is 0 Å². The van der Waals surface area contributed by atoms with Crippen molar-refractivity contribution in [2.45, 2.75) is 26.6 Å². The topological polar surface area (TPSA) is 80.3 Å². The first-order chi connectivity index (χ1) is 9.05. The second-order valence-electron chi connectivity index (χ2n) is 3.34. The average molecular weight is 298 g/mol. The first-order valence-corrected chi connectivity index (χ1v) is 7.82. The summed E-state index contributed by atoms with van der Waals surface area (Å²) in [4.78, 5) is 11.8. The summed E-state index contributed by atoms with van der Waals surface area (Å²) in [5, 5.41) is 0. The van der Waals surface area contributed by atoms with Gasteiger partial charge in [0, 0.05) is 7.11 Å². The summed E-state index contributed by atoms with van der Waals surface area (Å²) in [6, 6.07) is 0. The van der Waals surface area contributed by atoms with Crippen LogP contribution < -0.4 is 0 Å². The van der Waals surface area contributed by atoms with Gasteiger partial charge >= 0.3 is 13.6 Å². The van der Waals surface area contributed by atoms with Gasteiger partial charge in [0.2, 0.25) is 0 Å². The third-order valence-electron chi connectivity index (χ3n) is 1.96. The predicted octanol–water partition coefficient (Wildman–Crippen LogP) is 1.80. The van der Waals surface area contributed by atoms with E-state index in [9.17, 15) is 9.36 Å². The molecule has 0 aliphatic heterocycles. The van der Waals surface area contributed by atoms with Gasteiger partial charge in [0.1, 0.15) is 0 Å². The molecule has 19 heavy (non-hydrogen) atoms. The molecule has 8 heteroatoms. The van der Waals surface area contributed by atoms with Crippen LogP contribution in [0.3, 0.4) is 0 Å². The van der Waals surface area contributed by atoms with Crippen LogP contribution in [0.1, 0.15) is 20.8 Å². The Hall–Kier alpha value is -0.460. The SMILES string of the molecule is CCOC(=O)C(OCCOC)P(=O)(OCC)OCC. The lowest BCUT2D eigenvalue weighted by Crippen LogP contribution is -2.30. The van der Waals surface area contributed by atoms with Gasteiger partial charge in [-0.05, 0) is 20.8 Å². The predicted molar refractivity (Wildman–Crippen MR) is 69.1 cm³/mol. The molecule has 0 fully saturated rings. The van der Waals surface area contributed by atoms with E-state index >= 15 is 0 Å². The van der Waals surface area contributed by atoms with E-state index < -0.39 is 19.4 Å². The van der Waals surface area contributed by atoms with Crippen LogP contribution in [0.5, 0.6) is 0 Å². The van der Waals surface area contributed by atoms with Crippen molar-refractivity contribution in [1.82, 2.24) is 0 Å². The zero-order valence-electron chi connectivity index (χ0n) is 11.9. The Kier molecular flexibility index (Phi) is 10.1. The van der Waals surface area contributed by atoms with Crippen LogP contribution in [0, 0.1) is 0 Å². The van der Waals surface area contributed by atoms with Crippen molar-refractivity contribution in [3.05, 3.63) is 0 Å². The van der Waals surface area contributed by atoms with Crippen LogP contribution >= 0.6 is 7.60 Å². The Morgan fingerprint density at radius 1 is 1.05 bits per heavy atom. The molecular formula is C11H23O7P. The molecule has 0 aromatic heterocycles. The van der Waals surface area contributed by atoms with E-state index in [1.54, 1.807) is 20.8 Å². The maximum atomic E-state index is 12.5. The van der Waals surface area contributed by atoms with E-state index in [2.05, 4.69) is 0 Å². The first kappa shape index (κ1) is 18.5. The number of hydrogen-bond acceptors (Lipinski definition) is 7. The van der Waals surface area contributed by atoms with Crippen molar-refractivity contribution in [2.24, 2.45) is 0 Å². The number of ether oxygens (including phenoxy) is 3. The van der Waals surface area contributed by atoms with Crippen molar-refractivity contribution in [3.63, 3.8) is 0 Å². The highest BCUT2D eigenvalue weighted by molar-refractivity contribution is 7.55. The van der Waals surface area contributed by atoms with E-state index in [1.165, 1.54) is 7.11 Å². The summed E-state index contributed by atoms with van der Waals surface area (Å²) >= 11 is 0. The lowest BCUT2D eigenvalue weighted by atomic mass is 10.7. The van der Waals surface area contributed by atoms with E-state index in [0.29, 0.717) is 0 Å².